The SMILES string of the molecule is [Cu+].[c-]1cccs1.c1ccc2nccnc2c1. The molecule has 0 radical (unpaired) electrons. The van der Waals surface area contributed by atoms with Crippen molar-refractivity contribution >= 4 is 22.4 Å². The van der Waals surface area contributed by atoms with Gasteiger partial charge in [0.15, 0.2) is 0 Å². The van der Waals surface area contributed by atoms with Gasteiger partial charge in [0.05, 0.1) is 11.0 Å². The topological polar surface area (TPSA) is 25.8 Å². The Bertz CT molecular complexity index is 428. The number of thiophene rings is 1. The Hall–Kier alpha value is -1.22. The third-order valence-electron chi connectivity index (χ3n) is 1.75. The first kappa shape index (κ1) is 12.8. The Morgan fingerprint density at radius 2 is 1.56 bits per heavy atom. The first-order valence-electron chi connectivity index (χ1n) is 4.52. The van der Waals surface area contributed by atoms with Gasteiger partial charge in [0.25, 0.3) is 0 Å². The predicted octanol–water partition coefficient (Wildman–Crippen LogP) is 3.18. The number of para-hydroxylation sites is 2. The van der Waals surface area contributed by atoms with Crippen LogP contribution in [0.4, 0.5) is 0 Å². The van der Waals surface area contributed by atoms with Crippen LogP contribution in [0.25, 0.3) is 11.0 Å². The Labute approximate surface area is 109 Å². The van der Waals surface area contributed by atoms with Crippen molar-refractivity contribution in [3.63, 3.8) is 0 Å². The fraction of sp³-hybridized carbons (Fsp3) is 0. The summed E-state index contributed by atoms with van der Waals surface area (Å²) < 4.78 is 0. The molecule has 0 amide bonds. The van der Waals surface area contributed by atoms with E-state index in [-0.39, 0.29) is 17.1 Å². The number of aromatic nitrogens is 2. The standard InChI is InChI=1S/C8H6N2.C4H3S.Cu/c1-2-4-8-7(3-1)9-5-6-10-8;1-2-4-5-3-1;/h1-6H;1-3H;/q;-1;+1. The Morgan fingerprint density at radius 3 is 1.94 bits per heavy atom. The Balaban J connectivity index is 0.000000183. The molecule has 0 fully saturated rings. The van der Waals surface area contributed by atoms with E-state index in [0.717, 1.165) is 11.0 Å². The van der Waals surface area contributed by atoms with Crippen LogP contribution in [-0.4, -0.2) is 9.97 Å². The van der Waals surface area contributed by atoms with Gasteiger partial charge >= 0.3 is 17.1 Å². The fourth-order valence-corrected chi connectivity index (χ4v) is 1.50. The largest absolute Gasteiger partial charge is 1.00 e. The summed E-state index contributed by atoms with van der Waals surface area (Å²) in [4.78, 5) is 8.24. The molecule has 4 heteroatoms. The van der Waals surface area contributed by atoms with Gasteiger partial charge in [-0.1, -0.05) is 12.1 Å². The number of hydrogen-bond donors (Lipinski definition) is 0. The van der Waals surface area contributed by atoms with Crippen molar-refractivity contribution in [2.45, 2.75) is 0 Å². The van der Waals surface area contributed by atoms with Crippen LogP contribution in [-0.2, 0) is 17.1 Å². The van der Waals surface area contributed by atoms with E-state index in [4.69, 9.17) is 0 Å². The van der Waals surface area contributed by atoms with Crippen molar-refractivity contribution in [2.24, 2.45) is 0 Å². The smallest absolute Gasteiger partial charge is 0.304 e. The van der Waals surface area contributed by atoms with E-state index < -0.39 is 0 Å². The molecule has 1 aromatic carbocycles. The fourth-order valence-electron chi connectivity index (χ4n) is 1.11. The normalized spacial score (nSPS) is 8.75. The van der Waals surface area contributed by atoms with Crippen LogP contribution in [0.15, 0.2) is 54.2 Å². The maximum absolute atomic E-state index is 4.12. The summed E-state index contributed by atoms with van der Waals surface area (Å²) in [6, 6.07) is 11.7. The molecule has 2 heterocycles. The zero-order chi connectivity index (χ0) is 10.3. The number of rotatable bonds is 0. The van der Waals surface area contributed by atoms with Crippen molar-refractivity contribution in [1.29, 1.82) is 0 Å². The number of fused-ring (bicyclic) bond motifs is 1. The van der Waals surface area contributed by atoms with E-state index in [2.05, 4.69) is 15.3 Å². The molecule has 0 atom stereocenters. The number of nitrogens with zero attached hydrogens (tertiary/aromatic N) is 2. The minimum absolute atomic E-state index is 0. The van der Waals surface area contributed by atoms with Crippen LogP contribution in [0.3, 0.4) is 0 Å². The van der Waals surface area contributed by atoms with Gasteiger partial charge in [-0.15, -0.1) is 5.38 Å². The molecule has 0 aliphatic heterocycles. The molecule has 0 saturated carbocycles. The molecule has 0 aliphatic rings. The van der Waals surface area contributed by atoms with Crippen molar-refractivity contribution in [1.82, 2.24) is 9.97 Å². The van der Waals surface area contributed by atoms with E-state index in [1.807, 2.05) is 41.8 Å². The van der Waals surface area contributed by atoms with E-state index in [0.29, 0.717) is 0 Å². The van der Waals surface area contributed by atoms with Crippen LogP contribution >= 0.6 is 11.3 Å². The molecular formula is C12H9CuN2S. The molecule has 16 heavy (non-hydrogen) atoms. The van der Waals surface area contributed by atoms with Crippen LogP contribution in [0.5, 0.6) is 0 Å². The first-order chi connectivity index (χ1) is 7.47. The molecule has 0 unspecified atom stereocenters. The maximum atomic E-state index is 4.12. The molecule has 0 spiro atoms. The second-order valence-corrected chi connectivity index (χ2v) is 3.52. The molecule has 0 bridgehead atoms. The Morgan fingerprint density at radius 1 is 0.938 bits per heavy atom. The summed E-state index contributed by atoms with van der Waals surface area (Å²) >= 11 is 1.59. The molecule has 0 N–H and O–H groups in total. The maximum Gasteiger partial charge on any atom is 1.00 e. The van der Waals surface area contributed by atoms with Crippen molar-refractivity contribution < 1.29 is 17.1 Å². The average Bonchev–Trinajstić information content (AvgIpc) is 2.88. The average molecular weight is 277 g/mol. The Kier molecular flexibility index (Phi) is 5.72. The van der Waals surface area contributed by atoms with Crippen LogP contribution in [0.2, 0.25) is 0 Å². The molecule has 84 valence electrons. The molecular weight excluding hydrogens is 268 g/mol. The number of hydrogen-bond acceptors (Lipinski definition) is 3. The van der Waals surface area contributed by atoms with Crippen LogP contribution < -0.4 is 0 Å². The van der Waals surface area contributed by atoms with E-state index >= 15 is 0 Å². The monoisotopic (exact) mass is 276 g/mol. The third-order valence-corrected chi connectivity index (χ3v) is 2.32. The van der Waals surface area contributed by atoms with Crippen molar-refractivity contribution in [2.75, 3.05) is 0 Å². The zero-order valence-electron chi connectivity index (χ0n) is 8.30. The van der Waals surface area contributed by atoms with Crippen molar-refractivity contribution in [3.05, 3.63) is 59.6 Å². The molecule has 0 saturated heterocycles. The second kappa shape index (κ2) is 7.12. The summed E-state index contributed by atoms with van der Waals surface area (Å²) in [5.41, 5.74) is 1.90. The molecule has 3 rings (SSSR count). The van der Waals surface area contributed by atoms with E-state index in [1.165, 1.54) is 0 Å². The summed E-state index contributed by atoms with van der Waals surface area (Å²) in [6.07, 6.45) is 3.39. The van der Waals surface area contributed by atoms with Gasteiger partial charge in [-0.25, -0.2) is 6.07 Å². The van der Waals surface area contributed by atoms with Gasteiger partial charge in [0.2, 0.25) is 0 Å². The first-order valence-corrected chi connectivity index (χ1v) is 5.40. The van der Waals surface area contributed by atoms with Gasteiger partial charge in [0, 0.05) is 12.4 Å². The minimum atomic E-state index is 0. The van der Waals surface area contributed by atoms with E-state index in [9.17, 15) is 0 Å². The summed E-state index contributed by atoms with van der Waals surface area (Å²) in [6.45, 7) is 0. The zero-order valence-corrected chi connectivity index (χ0v) is 10.1. The summed E-state index contributed by atoms with van der Waals surface area (Å²) in [7, 11) is 0. The predicted molar refractivity (Wildman–Crippen MR) is 62.7 cm³/mol. The van der Waals surface area contributed by atoms with Gasteiger partial charge in [0.1, 0.15) is 0 Å². The summed E-state index contributed by atoms with van der Waals surface area (Å²) in [5, 5.41) is 4.89. The molecule has 3 aromatic rings. The third kappa shape index (κ3) is 3.74. The van der Waals surface area contributed by atoms with Gasteiger partial charge in [-0.05, 0) is 12.1 Å². The van der Waals surface area contributed by atoms with Crippen LogP contribution in [0, 0.1) is 5.38 Å². The minimum Gasteiger partial charge on any atom is -0.304 e. The molecule has 2 aromatic heterocycles. The van der Waals surface area contributed by atoms with Gasteiger partial charge < -0.3 is 11.3 Å². The molecule has 2 nitrogen and oxygen atoms in total. The second-order valence-electron chi connectivity index (χ2n) is 2.78. The van der Waals surface area contributed by atoms with Gasteiger partial charge in [-0.3, -0.25) is 9.97 Å². The van der Waals surface area contributed by atoms with Crippen molar-refractivity contribution in [3.8, 4) is 0 Å². The molecule has 0 aliphatic carbocycles. The van der Waals surface area contributed by atoms with Gasteiger partial charge in [-0.2, -0.15) is 11.4 Å². The van der Waals surface area contributed by atoms with Crippen LogP contribution in [0.1, 0.15) is 0 Å². The summed E-state index contributed by atoms with van der Waals surface area (Å²) in [5.74, 6) is 0. The number of benzene rings is 1. The quantitative estimate of drug-likeness (QED) is 0.466. The van der Waals surface area contributed by atoms with E-state index in [1.54, 1.807) is 23.7 Å².